The van der Waals surface area contributed by atoms with Crippen LogP contribution in [0, 0.1) is 11.2 Å². The van der Waals surface area contributed by atoms with E-state index in [1.807, 2.05) is 30.3 Å². The molecule has 1 unspecified atom stereocenters. The van der Waals surface area contributed by atoms with Gasteiger partial charge in [-0.05, 0) is 35.4 Å². The van der Waals surface area contributed by atoms with E-state index in [4.69, 9.17) is 11.1 Å². The van der Waals surface area contributed by atoms with E-state index < -0.39 is 17.8 Å². The monoisotopic (exact) mass is 390 g/mol. The average Bonchev–Trinajstić information content (AvgIpc) is 3.16. The molecular weight excluding hydrogens is 371 g/mol. The number of hydrogen-bond donors (Lipinski definition) is 4. The van der Waals surface area contributed by atoms with Gasteiger partial charge >= 0.3 is 0 Å². The first kappa shape index (κ1) is 18.6. The fraction of sp³-hybridized carbons (Fsp3) is 0.136. The molecular formula is C22H19FN4O2. The Bertz CT molecular complexity index is 1160. The van der Waals surface area contributed by atoms with Crippen LogP contribution in [-0.2, 0) is 9.59 Å². The van der Waals surface area contributed by atoms with Crippen LogP contribution in [0.5, 0.6) is 0 Å². The van der Waals surface area contributed by atoms with Gasteiger partial charge in [-0.1, -0.05) is 36.4 Å². The number of nitrogens with one attached hydrogen (secondary N) is 3. The fourth-order valence-corrected chi connectivity index (χ4v) is 3.46. The van der Waals surface area contributed by atoms with Crippen LogP contribution in [-0.4, -0.2) is 23.6 Å². The number of halogens is 1. The number of rotatable bonds is 4. The number of nitrogens with two attached hydrogens (primary N) is 1. The molecule has 0 aromatic heterocycles. The molecule has 2 amide bonds. The summed E-state index contributed by atoms with van der Waals surface area (Å²) in [5, 5.41) is 15.5. The molecule has 0 radical (unpaired) electrons. The fourth-order valence-electron chi connectivity index (χ4n) is 3.46. The van der Waals surface area contributed by atoms with Gasteiger partial charge in [-0.3, -0.25) is 15.0 Å². The molecule has 0 aliphatic carbocycles. The largest absolute Gasteiger partial charge is 0.398 e. The summed E-state index contributed by atoms with van der Waals surface area (Å²) in [5.41, 5.74) is 6.35. The van der Waals surface area contributed by atoms with Crippen LogP contribution in [0.2, 0.25) is 0 Å². The van der Waals surface area contributed by atoms with E-state index in [-0.39, 0.29) is 35.0 Å². The lowest BCUT2D eigenvalue weighted by atomic mass is 9.97. The molecule has 1 atom stereocenters. The summed E-state index contributed by atoms with van der Waals surface area (Å²) < 4.78 is 15.2. The van der Waals surface area contributed by atoms with Crippen molar-refractivity contribution in [2.75, 3.05) is 11.1 Å². The van der Waals surface area contributed by atoms with E-state index in [0.29, 0.717) is 12.0 Å². The van der Waals surface area contributed by atoms with Gasteiger partial charge in [-0.25, -0.2) is 4.39 Å². The van der Waals surface area contributed by atoms with Crippen LogP contribution >= 0.6 is 0 Å². The van der Waals surface area contributed by atoms with Crippen molar-refractivity contribution >= 4 is 39.7 Å². The first-order valence-corrected chi connectivity index (χ1v) is 9.20. The molecule has 0 saturated carbocycles. The Morgan fingerprint density at radius 1 is 1.14 bits per heavy atom. The summed E-state index contributed by atoms with van der Waals surface area (Å²) in [6.07, 6.45) is 0.626. The van der Waals surface area contributed by atoms with Crippen molar-refractivity contribution in [2.45, 2.75) is 18.9 Å². The van der Waals surface area contributed by atoms with Gasteiger partial charge in [0.2, 0.25) is 11.8 Å². The Morgan fingerprint density at radius 3 is 2.62 bits per heavy atom. The van der Waals surface area contributed by atoms with Crippen molar-refractivity contribution in [3.63, 3.8) is 0 Å². The summed E-state index contributed by atoms with van der Waals surface area (Å²) in [5.74, 6) is -1.48. The predicted molar refractivity (Wildman–Crippen MR) is 110 cm³/mol. The minimum Gasteiger partial charge on any atom is -0.398 e. The van der Waals surface area contributed by atoms with Gasteiger partial charge in [0.25, 0.3) is 0 Å². The first-order chi connectivity index (χ1) is 13.9. The van der Waals surface area contributed by atoms with E-state index >= 15 is 4.39 Å². The maximum absolute atomic E-state index is 15.2. The molecule has 5 N–H and O–H groups in total. The van der Waals surface area contributed by atoms with E-state index in [2.05, 4.69) is 10.6 Å². The highest BCUT2D eigenvalue weighted by atomic mass is 19.1. The Labute approximate surface area is 166 Å². The zero-order valence-corrected chi connectivity index (χ0v) is 15.5. The quantitative estimate of drug-likeness (QED) is 0.406. The van der Waals surface area contributed by atoms with Crippen molar-refractivity contribution in [3.05, 3.63) is 71.5 Å². The average molecular weight is 390 g/mol. The maximum atomic E-state index is 15.2. The van der Waals surface area contributed by atoms with Gasteiger partial charge in [0.1, 0.15) is 6.04 Å². The van der Waals surface area contributed by atoms with Crippen LogP contribution in [0.3, 0.4) is 0 Å². The number of nitrogen functional groups attached to an aromatic ring is 1. The van der Waals surface area contributed by atoms with Crippen molar-refractivity contribution in [3.8, 4) is 0 Å². The summed E-state index contributed by atoms with van der Waals surface area (Å²) >= 11 is 0. The first-order valence-electron chi connectivity index (χ1n) is 9.20. The van der Waals surface area contributed by atoms with Gasteiger partial charge in [0.05, 0.1) is 17.0 Å². The molecule has 1 aliphatic heterocycles. The van der Waals surface area contributed by atoms with Gasteiger partial charge in [0, 0.05) is 17.7 Å². The number of carbonyl (C=O) groups is 2. The standard InChI is InChI=1S/C22H19FN4O2/c23-20-16(27-22(29)17-9-10-18(28)26-17)8-7-15(24)19(20)21(25)14-6-5-12-3-1-2-4-13(12)11-14/h1-8,11,17,25H,9-10,24H2,(H,26,28)(H,27,29). The Morgan fingerprint density at radius 2 is 1.90 bits per heavy atom. The van der Waals surface area contributed by atoms with E-state index in [1.54, 1.807) is 12.1 Å². The van der Waals surface area contributed by atoms with Gasteiger partial charge in [0.15, 0.2) is 5.82 Å². The highest BCUT2D eigenvalue weighted by Gasteiger charge is 2.28. The smallest absolute Gasteiger partial charge is 0.247 e. The van der Waals surface area contributed by atoms with Crippen molar-refractivity contribution < 1.29 is 14.0 Å². The van der Waals surface area contributed by atoms with Crippen LogP contribution in [0.25, 0.3) is 10.8 Å². The van der Waals surface area contributed by atoms with Gasteiger partial charge in [-0.2, -0.15) is 0 Å². The van der Waals surface area contributed by atoms with Crippen LogP contribution in [0.15, 0.2) is 54.6 Å². The molecule has 146 valence electrons. The highest BCUT2D eigenvalue weighted by molar-refractivity contribution is 6.16. The Kier molecular flexibility index (Phi) is 4.72. The van der Waals surface area contributed by atoms with Crippen LogP contribution < -0.4 is 16.4 Å². The normalized spacial score (nSPS) is 15.9. The summed E-state index contributed by atoms with van der Waals surface area (Å²) in [7, 11) is 0. The molecule has 7 heteroatoms. The SMILES string of the molecule is N=C(c1ccc2ccccc2c1)c1c(N)ccc(NC(=O)C2CCC(=O)N2)c1F. The topological polar surface area (TPSA) is 108 Å². The van der Waals surface area contributed by atoms with Crippen LogP contribution in [0.4, 0.5) is 15.8 Å². The van der Waals surface area contributed by atoms with Crippen LogP contribution in [0.1, 0.15) is 24.0 Å². The zero-order chi connectivity index (χ0) is 20.5. The summed E-state index contributed by atoms with van der Waals surface area (Å²) in [6.45, 7) is 0. The minimum absolute atomic E-state index is 0.0731. The van der Waals surface area contributed by atoms with Crippen molar-refractivity contribution in [1.29, 1.82) is 5.41 Å². The summed E-state index contributed by atoms with van der Waals surface area (Å²) in [6, 6.07) is 15.2. The van der Waals surface area contributed by atoms with Gasteiger partial charge < -0.3 is 16.4 Å². The van der Waals surface area contributed by atoms with Gasteiger partial charge in [-0.15, -0.1) is 0 Å². The van der Waals surface area contributed by atoms with Crippen molar-refractivity contribution in [2.24, 2.45) is 0 Å². The van der Waals surface area contributed by atoms with E-state index in [1.165, 1.54) is 12.1 Å². The number of hydrogen-bond acceptors (Lipinski definition) is 4. The second-order valence-electron chi connectivity index (χ2n) is 6.98. The molecule has 3 aromatic carbocycles. The molecule has 1 heterocycles. The molecule has 0 spiro atoms. The number of anilines is 2. The van der Waals surface area contributed by atoms with Crippen molar-refractivity contribution in [1.82, 2.24) is 5.32 Å². The molecule has 1 aliphatic rings. The number of carbonyl (C=O) groups excluding carboxylic acids is 2. The maximum Gasteiger partial charge on any atom is 0.247 e. The van der Waals surface area contributed by atoms with E-state index in [9.17, 15) is 9.59 Å². The molecule has 0 bridgehead atoms. The van der Waals surface area contributed by atoms with E-state index in [0.717, 1.165) is 10.8 Å². The lowest BCUT2D eigenvalue weighted by Gasteiger charge is -2.15. The molecule has 4 rings (SSSR count). The summed E-state index contributed by atoms with van der Waals surface area (Å²) in [4.78, 5) is 23.6. The molecule has 29 heavy (non-hydrogen) atoms. The molecule has 1 fully saturated rings. The number of amides is 2. The lowest BCUT2D eigenvalue weighted by molar-refractivity contribution is -0.122. The number of benzene rings is 3. The minimum atomic E-state index is -0.777. The Balaban J connectivity index is 1.66. The third-order valence-corrected chi connectivity index (χ3v) is 5.03. The number of fused-ring (bicyclic) bond motifs is 1. The second-order valence-corrected chi connectivity index (χ2v) is 6.98. The third-order valence-electron chi connectivity index (χ3n) is 5.03. The third kappa shape index (κ3) is 3.54. The second kappa shape index (κ2) is 7.35. The Hall–Kier alpha value is -3.74. The molecule has 3 aromatic rings. The highest BCUT2D eigenvalue weighted by Crippen LogP contribution is 2.28. The zero-order valence-electron chi connectivity index (χ0n) is 15.5. The molecule has 1 saturated heterocycles. The lowest BCUT2D eigenvalue weighted by Crippen LogP contribution is -2.37. The predicted octanol–water partition coefficient (Wildman–Crippen LogP) is 3.19. The molecule has 6 nitrogen and oxygen atoms in total.